The van der Waals surface area contributed by atoms with Crippen molar-refractivity contribution in [2.45, 2.75) is 18.9 Å². The zero-order chi connectivity index (χ0) is 13.4. The Morgan fingerprint density at radius 1 is 1.11 bits per heavy atom. The summed E-state index contributed by atoms with van der Waals surface area (Å²) >= 11 is 0. The molecule has 1 saturated carbocycles. The van der Waals surface area contributed by atoms with Crippen LogP contribution in [0.15, 0.2) is 18.2 Å². The smallest absolute Gasteiger partial charge is 0.256 e. The van der Waals surface area contributed by atoms with Crippen LogP contribution >= 0.6 is 0 Å². The lowest BCUT2D eigenvalue weighted by Gasteiger charge is -2.35. The Balaban J connectivity index is 1.67. The average Bonchev–Trinajstić information content (AvgIpc) is 3.22. The molecule has 0 spiro atoms. The van der Waals surface area contributed by atoms with Gasteiger partial charge in [-0.3, -0.25) is 9.69 Å². The van der Waals surface area contributed by atoms with Crippen LogP contribution in [0.2, 0.25) is 0 Å². The van der Waals surface area contributed by atoms with E-state index in [0.717, 1.165) is 32.2 Å². The molecule has 1 aromatic rings. The van der Waals surface area contributed by atoms with E-state index in [1.807, 2.05) is 4.90 Å². The van der Waals surface area contributed by atoms with Crippen LogP contribution in [-0.2, 0) is 0 Å². The maximum Gasteiger partial charge on any atom is 0.256 e. The van der Waals surface area contributed by atoms with Gasteiger partial charge >= 0.3 is 0 Å². The molecule has 0 unspecified atom stereocenters. The highest BCUT2D eigenvalue weighted by molar-refractivity contribution is 5.99. The molecule has 1 aliphatic carbocycles. The van der Waals surface area contributed by atoms with Crippen molar-refractivity contribution in [3.8, 4) is 0 Å². The first-order valence-electron chi connectivity index (χ1n) is 6.83. The van der Waals surface area contributed by atoms with Crippen LogP contribution in [0.1, 0.15) is 23.2 Å². The van der Waals surface area contributed by atoms with Crippen molar-refractivity contribution in [3.05, 3.63) is 23.8 Å². The van der Waals surface area contributed by atoms with Gasteiger partial charge in [0.2, 0.25) is 0 Å². The van der Waals surface area contributed by atoms with Crippen LogP contribution in [-0.4, -0.2) is 47.9 Å². The van der Waals surface area contributed by atoms with Gasteiger partial charge in [-0.15, -0.1) is 0 Å². The third-order valence-electron chi connectivity index (χ3n) is 3.97. The summed E-state index contributed by atoms with van der Waals surface area (Å²) in [6.07, 6.45) is 2.64. The number of carbonyl (C=O) groups excluding carboxylic acids is 1. The second-order valence-corrected chi connectivity index (χ2v) is 5.41. The molecule has 1 heterocycles. The number of hydrogen-bond acceptors (Lipinski definition) is 4. The fraction of sp³-hybridized carbons (Fsp3) is 0.500. The molecule has 1 aromatic carbocycles. The van der Waals surface area contributed by atoms with E-state index in [1.54, 1.807) is 18.2 Å². The molecule has 1 amide bonds. The maximum absolute atomic E-state index is 12.4. The fourth-order valence-corrected chi connectivity index (χ4v) is 2.68. The van der Waals surface area contributed by atoms with E-state index in [0.29, 0.717) is 16.9 Å². The van der Waals surface area contributed by atoms with Gasteiger partial charge in [-0.2, -0.15) is 0 Å². The topological polar surface area (TPSA) is 75.6 Å². The van der Waals surface area contributed by atoms with Crippen LogP contribution in [0.25, 0.3) is 0 Å². The molecule has 1 aliphatic heterocycles. The lowest BCUT2D eigenvalue weighted by molar-refractivity contribution is 0.0628. The van der Waals surface area contributed by atoms with Crippen molar-refractivity contribution in [2.24, 2.45) is 0 Å². The van der Waals surface area contributed by atoms with Gasteiger partial charge in [-0.05, 0) is 31.0 Å². The zero-order valence-corrected chi connectivity index (χ0v) is 11.0. The molecule has 1 saturated heterocycles. The molecular formula is C14H20N4O. The molecule has 0 aromatic heterocycles. The van der Waals surface area contributed by atoms with Crippen molar-refractivity contribution in [2.75, 3.05) is 37.6 Å². The number of nitrogen functional groups attached to an aromatic ring is 2. The van der Waals surface area contributed by atoms with E-state index in [9.17, 15) is 4.79 Å². The second-order valence-electron chi connectivity index (χ2n) is 5.41. The summed E-state index contributed by atoms with van der Waals surface area (Å²) in [5.41, 5.74) is 13.2. The maximum atomic E-state index is 12.4. The Kier molecular flexibility index (Phi) is 3.06. The van der Waals surface area contributed by atoms with Gasteiger partial charge in [0.1, 0.15) is 0 Å². The van der Waals surface area contributed by atoms with Gasteiger partial charge in [0.05, 0.1) is 5.56 Å². The summed E-state index contributed by atoms with van der Waals surface area (Å²) in [5.74, 6) is 0.0212. The number of carbonyl (C=O) groups is 1. The minimum Gasteiger partial charge on any atom is -0.399 e. The van der Waals surface area contributed by atoms with Gasteiger partial charge in [0.25, 0.3) is 5.91 Å². The number of hydrogen-bond donors (Lipinski definition) is 2. The SMILES string of the molecule is Nc1ccc(C(=O)N2CCN(C3CC3)CC2)c(N)c1. The van der Waals surface area contributed by atoms with Gasteiger partial charge in [0, 0.05) is 43.6 Å². The van der Waals surface area contributed by atoms with Crippen LogP contribution in [0.3, 0.4) is 0 Å². The highest BCUT2D eigenvalue weighted by atomic mass is 16.2. The van der Waals surface area contributed by atoms with Crippen molar-refractivity contribution < 1.29 is 4.79 Å². The molecule has 5 nitrogen and oxygen atoms in total. The molecule has 3 rings (SSSR count). The Hall–Kier alpha value is -1.75. The number of anilines is 2. The van der Waals surface area contributed by atoms with E-state index >= 15 is 0 Å². The van der Waals surface area contributed by atoms with Crippen LogP contribution < -0.4 is 11.5 Å². The minimum atomic E-state index is 0.0212. The van der Waals surface area contributed by atoms with Crippen LogP contribution in [0.4, 0.5) is 11.4 Å². The summed E-state index contributed by atoms with van der Waals surface area (Å²) in [6.45, 7) is 3.54. The van der Waals surface area contributed by atoms with E-state index in [2.05, 4.69) is 4.90 Å². The number of amides is 1. The minimum absolute atomic E-state index is 0.0212. The zero-order valence-electron chi connectivity index (χ0n) is 11.0. The van der Waals surface area contributed by atoms with E-state index in [-0.39, 0.29) is 5.91 Å². The quantitative estimate of drug-likeness (QED) is 0.770. The van der Waals surface area contributed by atoms with E-state index < -0.39 is 0 Å². The van der Waals surface area contributed by atoms with Crippen LogP contribution in [0.5, 0.6) is 0 Å². The molecule has 19 heavy (non-hydrogen) atoms. The number of benzene rings is 1. The third-order valence-corrected chi connectivity index (χ3v) is 3.97. The molecule has 2 aliphatic rings. The highest BCUT2D eigenvalue weighted by Crippen LogP contribution is 2.28. The van der Waals surface area contributed by atoms with Crippen molar-refractivity contribution in [1.82, 2.24) is 9.80 Å². The largest absolute Gasteiger partial charge is 0.399 e. The van der Waals surface area contributed by atoms with Crippen molar-refractivity contribution >= 4 is 17.3 Å². The predicted molar refractivity (Wildman–Crippen MR) is 75.8 cm³/mol. The Morgan fingerprint density at radius 2 is 1.79 bits per heavy atom. The second kappa shape index (κ2) is 4.74. The normalized spacial score (nSPS) is 20.5. The Labute approximate surface area is 113 Å². The first-order chi connectivity index (χ1) is 9.15. The average molecular weight is 260 g/mol. The summed E-state index contributed by atoms with van der Waals surface area (Å²) < 4.78 is 0. The Bertz CT molecular complexity index is 490. The monoisotopic (exact) mass is 260 g/mol. The van der Waals surface area contributed by atoms with E-state index in [1.165, 1.54) is 12.8 Å². The molecule has 2 fully saturated rings. The van der Waals surface area contributed by atoms with Gasteiger partial charge in [-0.1, -0.05) is 0 Å². The molecule has 0 bridgehead atoms. The Morgan fingerprint density at radius 3 is 2.37 bits per heavy atom. The number of rotatable bonds is 2. The molecule has 4 N–H and O–H groups in total. The van der Waals surface area contributed by atoms with Crippen LogP contribution in [0, 0.1) is 0 Å². The molecule has 0 atom stereocenters. The summed E-state index contributed by atoms with van der Waals surface area (Å²) in [7, 11) is 0. The molecular weight excluding hydrogens is 240 g/mol. The first kappa shape index (κ1) is 12.3. The lowest BCUT2D eigenvalue weighted by atomic mass is 10.1. The van der Waals surface area contributed by atoms with Gasteiger partial charge in [-0.25, -0.2) is 0 Å². The van der Waals surface area contributed by atoms with Gasteiger partial charge < -0.3 is 16.4 Å². The van der Waals surface area contributed by atoms with Gasteiger partial charge in [0.15, 0.2) is 0 Å². The number of nitrogens with two attached hydrogens (primary N) is 2. The van der Waals surface area contributed by atoms with Crippen molar-refractivity contribution in [3.63, 3.8) is 0 Å². The summed E-state index contributed by atoms with van der Waals surface area (Å²) in [5, 5.41) is 0. The third kappa shape index (κ3) is 2.51. The predicted octanol–water partition coefficient (Wildman–Crippen LogP) is 0.771. The number of nitrogens with zero attached hydrogens (tertiary/aromatic N) is 2. The highest BCUT2D eigenvalue weighted by Gasteiger charge is 2.32. The van der Waals surface area contributed by atoms with Crippen molar-refractivity contribution in [1.29, 1.82) is 0 Å². The number of piperazine rings is 1. The van der Waals surface area contributed by atoms with E-state index in [4.69, 9.17) is 11.5 Å². The first-order valence-corrected chi connectivity index (χ1v) is 6.83. The molecule has 5 heteroatoms. The summed E-state index contributed by atoms with van der Waals surface area (Å²) in [6, 6.07) is 5.87. The molecule has 0 radical (unpaired) electrons. The fourth-order valence-electron chi connectivity index (χ4n) is 2.68. The lowest BCUT2D eigenvalue weighted by Crippen LogP contribution is -2.49. The summed E-state index contributed by atoms with van der Waals surface area (Å²) in [4.78, 5) is 16.8. The standard InChI is InChI=1S/C14H20N4O/c15-10-1-4-12(13(16)9-10)14(19)18-7-5-17(6-8-18)11-2-3-11/h1,4,9,11H,2-3,5-8,15-16H2. The molecule has 102 valence electrons.